The van der Waals surface area contributed by atoms with Gasteiger partial charge in [0.2, 0.25) is 0 Å². The molecule has 0 aromatic heterocycles. The van der Waals surface area contributed by atoms with Gasteiger partial charge in [-0.05, 0) is 84.9 Å². The van der Waals surface area contributed by atoms with Crippen molar-refractivity contribution in [2.75, 3.05) is 12.0 Å². The normalized spacial score (nSPS) is 54.0. The Hall–Kier alpha value is 0.110. The number of fused-ring (bicyclic) bond motifs is 3. The van der Waals surface area contributed by atoms with Gasteiger partial charge in [-0.1, -0.05) is 27.2 Å². The first-order valence-corrected chi connectivity index (χ1v) is 11.9. The zero-order chi connectivity index (χ0) is 17.3. The molecule has 0 heterocycles. The molecule has 1 N–H and O–H groups in total. The number of hydrogen-bond donors (Lipinski definition) is 1. The molecule has 8 atom stereocenters. The number of rotatable bonds is 2. The zero-order valence-electron chi connectivity index (χ0n) is 16.0. The molecule has 5 aliphatic rings. The Morgan fingerprint density at radius 2 is 1.75 bits per heavy atom. The van der Waals surface area contributed by atoms with E-state index in [0.29, 0.717) is 28.4 Å². The summed E-state index contributed by atoms with van der Waals surface area (Å²) in [5.41, 5.74) is 1.01. The first-order chi connectivity index (χ1) is 11.2. The lowest BCUT2D eigenvalue weighted by Gasteiger charge is -2.70. The molecule has 138 valence electrons. The van der Waals surface area contributed by atoms with E-state index in [1.807, 2.05) is 6.26 Å². The highest BCUT2D eigenvalue weighted by atomic mass is 32.2. The summed E-state index contributed by atoms with van der Waals surface area (Å²) >= 11 is 0. The molecule has 2 bridgehead atoms. The van der Waals surface area contributed by atoms with Gasteiger partial charge in [0, 0.05) is 22.8 Å². The van der Waals surface area contributed by atoms with Crippen molar-refractivity contribution >= 4 is 10.8 Å². The largest absolute Gasteiger partial charge is 0.392 e. The van der Waals surface area contributed by atoms with Crippen molar-refractivity contribution in [1.29, 1.82) is 0 Å². The summed E-state index contributed by atoms with van der Waals surface area (Å²) in [6, 6.07) is 0. The molecule has 5 saturated carbocycles. The molecule has 2 nitrogen and oxygen atoms in total. The highest BCUT2D eigenvalue weighted by molar-refractivity contribution is 7.84. The Kier molecular flexibility index (Phi) is 4.05. The summed E-state index contributed by atoms with van der Waals surface area (Å²) < 4.78 is 11.9. The monoisotopic (exact) mass is 352 g/mol. The topological polar surface area (TPSA) is 37.3 Å². The molecular formula is C21H36O2S. The standard InChI is InChI=1S/C21H36O2S/c1-19(2)8-5-9-20(3)16(19)7-11-21-10-6-14(12-17(20)21)15(18(21)22)13-24(4)23/h14-18,22H,5-13H2,1-4H3/t14-,15+,16-,17+,18-,20-,21+,24?/m1/s1. The van der Waals surface area contributed by atoms with E-state index in [2.05, 4.69) is 20.8 Å². The Balaban J connectivity index is 1.70. The Morgan fingerprint density at radius 1 is 1.04 bits per heavy atom. The van der Waals surface area contributed by atoms with Crippen LogP contribution < -0.4 is 0 Å². The van der Waals surface area contributed by atoms with E-state index in [1.54, 1.807) is 0 Å². The lowest BCUT2D eigenvalue weighted by atomic mass is 9.36. The maximum absolute atomic E-state index is 11.9. The number of aliphatic hydroxyl groups is 1. The first kappa shape index (κ1) is 17.5. The van der Waals surface area contributed by atoms with Crippen LogP contribution in [-0.4, -0.2) is 27.4 Å². The van der Waals surface area contributed by atoms with E-state index < -0.39 is 10.8 Å². The van der Waals surface area contributed by atoms with Crippen LogP contribution in [0.2, 0.25) is 0 Å². The Morgan fingerprint density at radius 3 is 2.46 bits per heavy atom. The highest BCUT2D eigenvalue weighted by Crippen LogP contribution is 2.72. The molecule has 3 heteroatoms. The van der Waals surface area contributed by atoms with Gasteiger partial charge in [-0.25, -0.2) is 0 Å². The van der Waals surface area contributed by atoms with E-state index in [9.17, 15) is 9.32 Å². The van der Waals surface area contributed by atoms with Gasteiger partial charge in [-0.3, -0.25) is 4.21 Å². The third kappa shape index (κ3) is 2.25. The van der Waals surface area contributed by atoms with E-state index >= 15 is 0 Å². The molecule has 1 spiro atoms. The van der Waals surface area contributed by atoms with E-state index in [-0.39, 0.29) is 17.4 Å². The van der Waals surface area contributed by atoms with Gasteiger partial charge in [0.05, 0.1) is 6.10 Å². The zero-order valence-corrected chi connectivity index (χ0v) is 16.8. The molecule has 24 heavy (non-hydrogen) atoms. The maximum atomic E-state index is 11.9. The summed E-state index contributed by atoms with van der Waals surface area (Å²) in [5, 5.41) is 11.4. The van der Waals surface area contributed by atoms with Gasteiger partial charge < -0.3 is 5.11 Å². The first-order valence-electron chi connectivity index (χ1n) is 10.2. The van der Waals surface area contributed by atoms with Crippen molar-refractivity contribution < 1.29 is 9.32 Å². The quantitative estimate of drug-likeness (QED) is 0.800. The Bertz CT molecular complexity index is 544. The van der Waals surface area contributed by atoms with Gasteiger partial charge in [0.1, 0.15) is 0 Å². The fourth-order valence-electron chi connectivity index (χ4n) is 8.30. The highest BCUT2D eigenvalue weighted by Gasteiger charge is 2.66. The van der Waals surface area contributed by atoms with Gasteiger partial charge in [-0.15, -0.1) is 0 Å². The molecule has 5 rings (SSSR count). The van der Waals surface area contributed by atoms with E-state index in [4.69, 9.17) is 0 Å². The molecule has 0 aromatic carbocycles. The second-order valence-corrected chi connectivity index (χ2v) is 12.1. The predicted octanol–water partition coefficient (Wildman–Crippen LogP) is 4.38. The van der Waals surface area contributed by atoms with E-state index in [0.717, 1.165) is 5.92 Å². The van der Waals surface area contributed by atoms with Crippen LogP contribution >= 0.6 is 0 Å². The summed E-state index contributed by atoms with van der Waals surface area (Å²) in [6.07, 6.45) is 12.0. The fourth-order valence-corrected chi connectivity index (χ4v) is 9.30. The van der Waals surface area contributed by atoms with Crippen molar-refractivity contribution in [1.82, 2.24) is 0 Å². The minimum absolute atomic E-state index is 0.136. The van der Waals surface area contributed by atoms with Crippen LogP contribution in [0.15, 0.2) is 0 Å². The summed E-state index contributed by atoms with van der Waals surface area (Å²) in [6.45, 7) is 7.56. The smallest absolute Gasteiger partial charge is 0.0638 e. The second-order valence-electron chi connectivity index (χ2n) is 10.6. The third-order valence-electron chi connectivity index (χ3n) is 9.21. The van der Waals surface area contributed by atoms with Gasteiger partial charge in [-0.2, -0.15) is 0 Å². The molecule has 0 aromatic rings. The van der Waals surface area contributed by atoms with Gasteiger partial charge >= 0.3 is 0 Å². The molecule has 5 fully saturated rings. The lowest BCUT2D eigenvalue weighted by Crippen LogP contribution is -2.66. The lowest BCUT2D eigenvalue weighted by molar-refractivity contribution is -0.238. The molecular weight excluding hydrogens is 316 g/mol. The Labute approximate surface area is 150 Å². The van der Waals surface area contributed by atoms with Crippen molar-refractivity contribution in [3.8, 4) is 0 Å². The molecule has 0 amide bonds. The van der Waals surface area contributed by atoms with Crippen LogP contribution in [0.4, 0.5) is 0 Å². The summed E-state index contributed by atoms with van der Waals surface area (Å²) in [4.78, 5) is 0. The van der Waals surface area contributed by atoms with Crippen molar-refractivity contribution in [3.05, 3.63) is 0 Å². The van der Waals surface area contributed by atoms with Crippen LogP contribution in [0, 0.1) is 39.9 Å². The fraction of sp³-hybridized carbons (Fsp3) is 1.00. The number of aliphatic hydroxyl groups excluding tert-OH is 1. The van der Waals surface area contributed by atoms with E-state index in [1.165, 1.54) is 51.4 Å². The van der Waals surface area contributed by atoms with Crippen LogP contribution in [0.1, 0.15) is 72.1 Å². The minimum atomic E-state index is -0.792. The molecule has 0 radical (unpaired) electrons. The van der Waals surface area contributed by atoms with Crippen molar-refractivity contribution in [2.24, 2.45) is 39.9 Å². The van der Waals surface area contributed by atoms with Crippen LogP contribution in [-0.2, 0) is 10.8 Å². The minimum Gasteiger partial charge on any atom is -0.392 e. The van der Waals surface area contributed by atoms with Crippen LogP contribution in [0.5, 0.6) is 0 Å². The maximum Gasteiger partial charge on any atom is 0.0638 e. The van der Waals surface area contributed by atoms with Gasteiger partial charge in [0.15, 0.2) is 0 Å². The summed E-state index contributed by atoms with van der Waals surface area (Å²) in [5.74, 6) is 3.12. The molecule has 5 aliphatic carbocycles. The molecule has 1 unspecified atom stereocenters. The average Bonchev–Trinajstić information content (AvgIpc) is 2.49. The van der Waals surface area contributed by atoms with Crippen LogP contribution in [0.25, 0.3) is 0 Å². The van der Waals surface area contributed by atoms with Gasteiger partial charge in [0.25, 0.3) is 0 Å². The predicted molar refractivity (Wildman–Crippen MR) is 100 cm³/mol. The van der Waals surface area contributed by atoms with Crippen molar-refractivity contribution in [3.63, 3.8) is 0 Å². The summed E-state index contributed by atoms with van der Waals surface area (Å²) in [7, 11) is -0.792. The third-order valence-corrected chi connectivity index (χ3v) is 10.1. The molecule has 0 saturated heterocycles. The number of hydrogen-bond acceptors (Lipinski definition) is 2. The average molecular weight is 353 g/mol. The molecule has 0 aliphatic heterocycles. The van der Waals surface area contributed by atoms with Crippen LogP contribution in [0.3, 0.4) is 0 Å². The SMILES string of the molecule is CS(=O)C[C@H]1[C@@H]2CC[C@@]3(CC[C@@H]4C(C)(C)CCC[C@@]4(C)[C@@H]3C2)[C@@H]1O. The second kappa shape index (κ2) is 5.55. The van der Waals surface area contributed by atoms with Crippen molar-refractivity contribution in [2.45, 2.75) is 78.2 Å².